The minimum Gasteiger partial charge on any atom is -0.457 e. The van der Waals surface area contributed by atoms with E-state index in [-0.39, 0.29) is 72.9 Å². The average molecular weight is 951 g/mol. The zero-order valence-corrected chi connectivity index (χ0v) is 39.8. The number of hydrogen-bond acceptors (Lipinski definition) is 14. The minimum absolute atomic E-state index is 0.0327. The van der Waals surface area contributed by atoms with Crippen LogP contribution in [0.5, 0.6) is 0 Å². The molecule has 4 aliphatic heterocycles. The molecule has 6 heterocycles. The number of esters is 2. The van der Waals surface area contributed by atoms with E-state index in [9.17, 15) is 38.4 Å². The summed E-state index contributed by atoms with van der Waals surface area (Å²) in [5.74, 6) is -5.28. The number of hydrogen-bond donors (Lipinski definition) is 8. The van der Waals surface area contributed by atoms with Gasteiger partial charge in [0, 0.05) is 41.3 Å². The van der Waals surface area contributed by atoms with Crippen molar-refractivity contribution in [2.24, 2.45) is 17.8 Å². The highest BCUT2D eigenvalue weighted by atomic mass is 16.6. The third kappa shape index (κ3) is 10.0. The zero-order valence-electron chi connectivity index (χ0n) is 39.8. The number of carbonyl (C=O) groups excluding carboxylic acids is 7. The Morgan fingerprint density at radius 3 is 2.30 bits per heavy atom. The Morgan fingerprint density at radius 1 is 0.899 bits per heavy atom. The lowest BCUT2D eigenvalue weighted by molar-refractivity contribution is -0.194. The highest BCUT2D eigenvalue weighted by Crippen LogP contribution is 2.52. The Kier molecular flexibility index (Phi) is 14.1. The van der Waals surface area contributed by atoms with Gasteiger partial charge in [-0.25, -0.2) is 14.6 Å². The van der Waals surface area contributed by atoms with Gasteiger partial charge in [0.1, 0.15) is 30.8 Å². The van der Waals surface area contributed by atoms with Gasteiger partial charge in [-0.3, -0.25) is 28.8 Å². The summed E-state index contributed by atoms with van der Waals surface area (Å²) in [4.78, 5) is 115. The van der Waals surface area contributed by atoms with Crippen molar-refractivity contribution < 1.29 is 43.0 Å². The normalized spacial score (nSPS) is 20.2. The fourth-order valence-corrected chi connectivity index (χ4v) is 9.83. The molecule has 368 valence electrons. The summed E-state index contributed by atoms with van der Waals surface area (Å²) in [5, 5.41) is 23.8. The number of carbonyl (C=O) groups is 7. The van der Waals surface area contributed by atoms with E-state index in [0.717, 1.165) is 22.9 Å². The van der Waals surface area contributed by atoms with Crippen LogP contribution in [0, 0.1) is 17.8 Å². The number of aromatic nitrogens is 2. The maximum atomic E-state index is 14.3. The summed E-state index contributed by atoms with van der Waals surface area (Å²) in [5.41, 5.74) is 2.23. The largest absolute Gasteiger partial charge is 0.457 e. The quantitative estimate of drug-likeness (QED) is 0.0603. The highest BCUT2D eigenvalue weighted by Gasteiger charge is 2.61. The first-order valence-electron chi connectivity index (χ1n) is 23.9. The molecule has 69 heavy (non-hydrogen) atoms. The Bertz CT molecular complexity index is 2670. The Balaban J connectivity index is 0.962. The van der Waals surface area contributed by atoms with Crippen LogP contribution in [0.2, 0.25) is 0 Å². The first-order valence-corrected chi connectivity index (χ1v) is 23.9. The summed E-state index contributed by atoms with van der Waals surface area (Å²) in [6, 6.07) is 4.63. The lowest BCUT2D eigenvalue weighted by Gasteiger charge is -2.45. The Morgan fingerprint density at radius 2 is 1.62 bits per heavy atom. The van der Waals surface area contributed by atoms with Crippen molar-refractivity contribution in [2.75, 3.05) is 19.8 Å². The van der Waals surface area contributed by atoms with E-state index >= 15 is 0 Å². The predicted molar refractivity (Wildman–Crippen MR) is 251 cm³/mol. The van der Waals surface area contributed by atoms with Gasteiger partial charge in [-0.15, -0.1) is 0 Å². The van der Waals surface area contributed by atoms with Gasteiger partial charge < -0.3 is 56.6 Å². The summed E-state index contributed by atoms with van der Waals surface area (Å²) in [6.45, 7) is 11.5. The van der Waals surface area contributed by atoms with Crippen LogP contribution >= 0.6 is 0 Å². The van der Waals surface area contributed by atoms with Crippen molar-refractivity contribution in [1.82, 2.24) is 52.1 Å². The number of cyclic esters (lactones) is 1. The molecule has 20 heteroatoms. The summed E-state index contributed by atoms with van der Waals surface area (Å²) >= 11 is 0. The monoisotopic (exact) mass is 950 g/mol. The van der Waals surface area contributed by atoms with Crippen molar-refractivity contribution in [3.8, 4) is 11.4 Å². The van der Waals surface area contributed by atoms with Crippen molar-refractivity contribution >= 4 is 52.4 Å². The van der Waals surface area contributed by atoms with E-state index in [1.54, 1.807) is 24.6 Å². The SMILES string of the molecule is CC(C)C[C@H](NC(=O)CNC(=O)[C@H](CC(C)C)NC(=O)[C@@H]1CCCN1)C(=O)N[C@@H](CC1=CNCN1)C(=O)N[C@H](C(=O)O[C@@]12Cc3c1c(c(=O)n1c3-c3nc4ccccc4cc3C1)COC2=O)C(C)C. The Labute approximate surface area is 399 Å². The van der Waals surface area contributed by atoms with Crippen LogP contribution in [0.25, 0.3) is 22.3 Å². The molecule has 6 atom stereocenters. The fourth-order valence-electron chi connectivity index (χ4n) is 9.83. The first kappa shape index (κ1) is 48.6. The smallest absolute Gasteiger partial charge is 0.356 e. The number of nitrogens with one attached hydrogen (secondary N) is 8. The van der Waals surface area contributed by atoms with E-state index in [2.05, 4.69) is 42.5 Å². The van der Waals surface area contributed by atoms with Crippen molar-refractivity contribution in [3.05, 3.63) is 74.8 Å². The second kappa shape index (κ2) is 20.0. The van der Waals surface area contributed by atoms with Gasteiger partial charge in [0.15, 0.2) is 0 Å². The lowest BCUT2D eigenvalue weighted by atomic mass is 9.69. The summed E-state index contributed by atoms with van der Waals surface area (Å²) < 4.78 is 13.3. The molecular weight excluding hydrogens is 889 g/mol. The maximum Gasteiger partial charge on any atom is 0.356 e. The number of fused-ring (bicyclic) bond motifs is 5. The molecule has 1 aliphatic carbocycles. The highest BCUT2D eigenvalue weighted by molar-refractivity contribution is 5.97. The average Bonchev–Trinajstić information content (AvgIpc) is 4.10. The van der Waals surface area contributed by atoms with Gasteiger partial charge >= 0.3 is 11.9 Å². The third-order valence-electron chi connectivity index (χ3n) is 13.3. The maximum absolute atomic E-state index is 14.3. The summed E-state index contributed by atoms with van der Waals surface area (Å²) in [6.07, 6.45) is 3.59. The van der Waals surface area contributed by atoms with Gasteiger partial charge in [-0.05, 0) is 67.7 Å². The molecule has 0 bridgehead atoms. The number of ether oxygens (including phenoxy) is 2. The number of para-hydroxylation sites is 1. The van der Waals surface area contributed by atoms with Gasteiger partial charge in [-0.1, -0.05) is 59.7 Å². The third-order valence-corrected chi connectivity index (χ3v) is 13.3. The first-order chi connectivity index (χ1) is 32.9. The number of amides is 5. The molecule has 5 amide bonds. The van der Waals surface area contributed by atoms with Gasteiger partial charge in [0.2, 0.25) is 35.1 Å². The fraction of sp³-hybridized carbons (Fsp3) is 0.531. The van der Waals surface area contributed by atoms with Crippen LogP contribution in [0.3, 0.4) is 0 Å². The van der Waals surface area contributed by atoms with Crippen LogP contribution < -0.4 is 48.1 Å². The Hall–Kier alpha value is -6.83. The molecule has 1 saturated heterocycles. The van der Waals surface area contributed by atoms with Crippen LogP contribution in [0.4, 0.5) is 0 Å². The molecule has 0 unspecified atom stereocenters. The molecule has 3 aromatic rings. The van der Waals surface area contributed by atoms with E-state index in [1.807, 2.05) is 58.0 Å². The molecule has 8 rings (SSSR count). The van der Waals surface area contributed by atoms with Crippen molar-refractivity contribution in [2.45, 2.75) is 129 Å². The topological polar surface area (TPSA) is 269 Å². The van der Waals surface area contributed by atoms with E-state index < -0.39 is 77.8 Å². The number of rotatable bonds is 19. The molecule has 0 saturated carbocycles. The van der Waals surface area contributed by atoms with E-state index in [1.165, 1.54) is 0 Å². The number of nitrogens with zero attached hydrogens (tertiary/aromatic N) is 2. The molecule has 8 N–H and O–H groups in total. The van der Waals surface area contributed by atoms with Crippen molar-refractivity contribution in [3.63, 3.8) is 0 Å². The molecular formula is C49H62N10O10. The molecule has 0 spiro atoms. The van der Waals surface area contributed by atoms with Crippen LogP contribution in [0.15, 0.2) is 47.0 Å². The molecule has 1 fully saturated rings. The predicted octanol–water partition coefficient (Wildman–Crippen LogP) is 0.714. The van der Waals surface area contributed by atoms with Gasteiger partial charge in [0.05, 0.1) is 48.3 Å². The second-order valence-corrected chi connectivity index (χ2v) is 19.8. The second-order valence-electron chi connectivity index (χ2n) is 19.8. The van der Waals surface area contributed by atoms with E-state index in [0.29, 0.717) is 48.7 Å². The summed E-state index contributed by atoms with van der Waals surface area (Å²) in [7, 11) is 0. The van der Waals surface area contributed by atoms with E-state index in [4.69, 9.17) is 14.5 Å². The molecule has 20 nitrogen and oxygen atoms in total. The van der Waals surface area contributed by atoms with Crippen molar-refractivity contribution in [1.29, 1.82) is 0 Å². The van der Waals surface area contributed by atoms with Gasteiger partial charge in [-0.2, -0.15) is 0 Å². The minimum atomic E-state index is -1.93. The molecule has 2 aromatic heterocycles. The number of benzene rings is 1. The van der Waals surface area contributed by atoms with Crippen LogP contribution in [0.1, 0.15) is 95.9 Å². The molecule has 0 radical (unpaired) electrons. The molecule has 1 aromatic carbocycles. The van der Waals surface area contributed by atoms with Crippen LogP contribution in [-0.2, 0) is 68.2 Å². The zero-order chi connectivity index (χ0) is 49.3. The standard InChI is InChI=1S/C49H62N10O10/c1-24(2)14-34(56-43(62)33-12-9-13-51-33)42(61)52-20-37(60)54-35(15-25(3)4)44(63)57-36(17-29-19-50-23-53-29)45(64)58-39(26(5)6)47(66)69-49-18-30-38(49)31(22-68-48(49)67)46(65)59-21-28-16-27-10-7-8-11-32(27)55-40(28)41(30)59/h7-8,10-11,16,19,24-26,33-36,39,50-51,53H,9,12-15,17-18,20-23H2,1-6H3,(H,52,61)(H,54,60)(H,56,62)(H,57,63)(H,58,64)/t33-,34-,35-,36-,39-,49-/m0/s1. The molecule has 5 aliphatic rings. The lowest BCUT2D eigenvalue weighted by Crippen LogP contribution is -2.60. The van der Waals surface area contributed by atoms with Crippen LogP contribution in [-0.4, -0.2) is 101 Å². The van der Waals surface area contributed by atoms with Gasteiger partial charge in [0.25, 0.3) is 5.56 Å². The number of pyridine rings is 2.